The smallest absolute Gasteiger partial charge is 0.333 e. The Morgan fingerprint density at radius 3 is 1.71 bits per heavy atom. The van der Waals surface area contributed by atoms with Crippen molar-refractivity contribution in [2.45, 2.75) is 73.1 Å². The fourth-order valence-electron chi connectivity index (χ4n) is 1.73. The van der Waals surface area contributed by atoms with Crippen LogP contribution in [-0.2, 0) is 19.1 Å². The third kappa shape index (κ3) is 18.5. The molecule has 4 nitrogen and oxygen atoms in total. The molecule has 0 spiro atoms. The second-order valence-electron chi connectivity index (χ2n) is 6.37. The van der Waals surface area contributed by atoms with Gasteiger partial charge < -0.3 is 9.47 Å². The first kappa shape index (κ1) is 24.7. The molecule has 0 aromatic rings. The summed E-state index contributed by atoms with van der Waals surface area (Å²) in [6, 6.07) is 0. The van der Waals surface area contributed by atoms with Crippen molar-refractivity contribution in [3.8, 4) is 0 Å². The van der Waals surface area contributed by atoms with Gasteiger partial charge in [0, 0.05) is 11.1 Å². The van der Waals surface area contributed by atoms with Crippen LogP contribution in [0.3, 0.4) is 0 Å². The first-order valence-corrected chi connectivity index (χ1v) is 8.87. The molecule has 0 bridgehead atoms. The molecule has 140 valence electrons. The van der Waals surface area contributed by atoms with Crippen molar-refractivity contribution in [2.24, 2.45) is 5.92 Å². The van der Waals surface area contributed by atoms with Crippen LogP contribution >= 0.6 is 0 Å². The molecule has 0 aliphatic rings. The molecule has 0 radical (unpaired) electrons. The van der Waals surface area contributed by atoms with Gasteiger partial charge in [0.15, 0.2) is 0 Å². The average Bonchev–Trinajstić information content (AvgIpc) is 2.50. The van der Waals surface area contributed by atoms with Crippen molar-refractivity contribution in [2.75, 3.05) is 13.2 Å². The normalized spacial score (nSPS) is 9.75. The molecule has 0 aliphatic heterocycles. The van der Waals surface area contributed by atoms with E-state index in [1.54, 1.807) is 20.8 Å². The summed E-state index contributed by atoms with van der Waals surface area (Å²) in [6.45, 7) is 17.5. The molecule has 0 aromatic carbocycles. The number of unbranched alkanes of at least 4 members (excludes halogenated alkanes) is 4. The molecular weight excluding hydrogens is 304 g/mol. The van der Waals surface area contributed by atoms with Crippen LogP contribution in [0.5, 0.6) is 0 Å². The monoisotopic (exact) mass is 340 g/mol. The van der Waals surface area contributed by atoms with E-state index in [1.807, 2.05) is 0 Å². The summed E-state index contributed by atoms with van der Waals surface area (Å²) in [5.74, 6) is 0.240. The maximum Gasteiger partial charge on any atom is 0.333 e. The molecule has 0 heterocycles. The predicted molar refractivity (Wildman–Crippen MR) is 99.8 cm³/mol. The summed E-state index contributed by atoms with van der Waals surface area (Å²) in [5.41, 5.74) is 0.934. The highest BCUT2D eigenvalue weighted by atomic mass is 16.5. The summed E-state index contributed by atoms with van der Waals surface area (Å²) < 4.78 is 9.57. The number of esters is 2. The van der Waals surface area contributed by atoms with Gasteiger partial charge in [-0.1, -0.05) is 59.1 Å². The minimum atomic E-state index is -0.312. The molecule has 0 aromatic heterocycles. The Kier molecular flexibility index (Phi) is 16.7. The molecule has 0 unspecified atom stereocenters. The minimum absolute atomic E-state index is 0.264. The number of carbonyl (C=O) groups is 2. The Hall–Kier alpha value is -1.58. The van der Waals surface area contributed by atoms with Gasteiger partial charge in [0.2, 0.25) is 0 Å². The van der Waals surface area contributed by atoms with E-state index >= 15 is 0 Å². The van der Waals surface area contributed by atoms with E-state index in [0.29, 0.717) is 24.4 Å². The summed E-state index contributed by atoms with van der Waals surface area (Å²) in [7, 11) is 0. The molecule has 4 heteroatoms. The molecule has 0 atom stereocenters. The standard InChI is InChI=1S/C14H26O2.C6H10O2/c1-12(2)10-8-6-5-7-9-11-16-14(15)13(3)4;1-4-8-6(7)5(2)3/h12H,3,5-11H2,1-2,4H3;2,4H2,1,3H3. The third-order valence-corrected chi connectivity index (χ3v) is 3.13. The van der Waals surface area contributed by atoms with E-state index < -0.39 is 0 Å². The van der Waals surface area contributed by atoms with Crippen molar-refractivity contribution < 1.29 is 19.1 Å². The summed E-state index contributed by atoms with van der Waals surface area (Å²) in [4.78, 5) is 21.5. The van der Waals surface area contributed by atoms with E-state index in [4.69, 9.17) is 4.74 Å². The van der Waals surface area contributed by atoms with Crippen LogP contribution in [0, 0.1) is 5.92 Å². The maximum absolute atomic E-state index is 11.0. The van der Waals surface area contributed by atoms with Gasteiger partial charge in [-0.3, -0.25) is 0 Å². The first-order valence-electron chi connectivity index (χ1n) is 8.87. The zero-order valence-electron chi connectivity index (χ0n) is 16.3. The Morgan fingerprint density at radius 2 is 1.29 bits per heavy atom. The number of hydrogen-bond acceptors (Lipinski definition) is 4. The van der Waals surface area contributed by atoms with Gasteiger partial charge in [-0.25, -0.2) is 9.59 Å². The highest BCUT2D eigenvalue weighted by Gasteiger charge is 2.01. The Labute approximate surface area is 148 Å². The average molecular weight is 341 g/mol. The van der Waals surface area contributed by atoms with E-state index in [2.05, 4.69) is 31.7 Å². The highest BCUT2D eigenvalue weighted by Crippen LogP contribution is 2.10. The fourth-order valence-corrected chi connectivity index (χ4v) is 1.73. The van der Waals surface area contributed by atoms with Gasteiger partial charge in [-0.2, -0.15) is 0 Å². The fraction of sp³-hybridized carbons (Fsp3) is 0.700. The lowest BCUT2D eigenvalue weighted by atomic mass is 10.0. The first-order chi connectivity index (χ1) is 11.2. The van der Waals surface area contributed by atoms with Crippen LogP contribution in [0.4, 0.5) is 0 Å². The largest absolute Gasteiger partial charge is 0.463 e. The predicted octanol–water partition coefficient (Wildman–Crippen LogP) is 5.23. The zero-order valence-corrected chi connectivity index (χ0v) is 16.3. The van der Waals surface area contributed by atoms with E-state index in [-0.39, 0.29) is 11.9 Å². The third-order valence-electron chi connectivity index (χ3n) is 3.13. The van der Waals surface area contributed by atoms with Gasteiger partial charge in [-0.15, -0.1) is 0 Å². The van der Waals surface area contributed by atoms with Crippen molar-refractivity contribution in [1.29, 1.82) is 0 Å². The molecule has 0 saturated heterocycles. The number of rotatable bonds is 11. The second-order valence-corrected chi connectivity index (χ2v) is 6.37. The lowest BCUT2D eigenvalue weighted by molar-refractivity contribution is -0.139. The van der Waals surface area contributed by atoms with E-state index in [1.165, 1.54) is 25.7 Å². The molecule has 0 saturated carbocycles. The molecule has 0 aliphatic carbocycles. The Morgan fingerprint density at radius 1 is 0.833 bits per heavy atom. The summed E-state index contributed by atoms with van der Waals surface area (Å²) >= 11 is 0. The number of ether oxygens (including phenoxy) is 2. The molecule has 0 rings (SSSR count). The molecular formula is C20H36O4. The Balaban J connectivity index is 0. The van der Waals surface area contributed by atoms with Gasteiger partial charge in [0.05, 0.1) is 13.2 Å². The highest BCUT2D eigenvalue weighted by molar-refractivity contribution is 5.87. The number of hydrogen-bond donors (Lipinski definition) is 0. The van der Waals surface area contributed by atoms with Crippen LogP contribution in [0.15, 0.2) is 24.3 Å². The zero-order chi connectivity index (χ0) is 19.0. The van der Waals surface area contributed by atoms with Crippen LogP contribution in [0.25, 0.3) is 0 Å². The van der Waals surface area contributed by atoms with Crippen molar-refractivity contribution >= 4 is 11.9 Å². The topological polar surface area (TPSA) is 52.6 Å². The lowest BCUT2D eigenvalue weighted by Gasteiger charge is -2.05. The Bertz CT molecular complexity index is 383. The maximum atomic E-state index is 11.0. The summed E-state index contributed by atoms with van der Waals surface area (Å²) in [5, 5.41) is 0. The van der Waals surface area contributed by atoms with Gasteiger partial charge in [-0.05, 0) is 33.1 Å². The van der Waals surface area contributed by atoms with Gasteiger partial charge in [0.25, 0.3) is 0 Å². The summed E-state index contributed by atoms with van der Waals surface area (Å²) in [6.07, 6.45) is 7.32. The van der Waals surface area contributed by atoms with Gasteiger partial charge >= 0.3 is 11.9 Å². The quantitative estimate of drug-likeness (QED) is 0.294. The molecule has 0 amide bonds. The lowest BCUT2D eigenvalue weighted by Crippen LogP contribution is -2.05. The van der Waals surface area contributed by atoms with Crippen molar-refractivity contribution in [3.63, 3.8) is 0 Å². The SMILES string of the molecule is C=C(C)C(=O)OCC.C=C(C)C(=O)OCCCCCCCC(C)C. The number of carbonyl (C=O) groups excluding carboxylic acids is 2. The minimum Gasteiger partial charge on any atom is -0.463 e. The van der Waals surface area contributed by atoms with Crippen molar-refractivity contribution in [3.05, 3.63) is 24.3 Å². The van der Waals surface area contributed by atoms with Crippen LogP contribution < -0.4 is 0 Å². The van der Waals surface area contributed by atoms with Crippen molar-refractivity contribution in [1.82, 2.24) is 0 Å². The van der Waals surface area contributed by atoms with Crippen LogP contribution in [0.2, 0.25) is 0 Å². The van der Waals surface area contributed by atoms with Crippen LogP contribution in [-0.4, -0.2) is 25.2 Å². The van der Waals surface area contributed by atoms with Crippen LogP contribution in [0.1, 0.15) is 73.1 Å². The van der Waals surface area contributed by atoms with E-state index in [9.17, 15) is 9.59 Å². The second kappa shape index (κ2) is 16.3. The van der Waals surface area contributed by atoms with Gasteiger partial charge in [0.1, 0.15) is 0 Å². The van der Waals surface area contributed by atoms with E-state index in [0.717, 1.165) is 18.8 Å². The molecule has 24 heavy (non-hydrogen) atoms. The molecule has 0 N–H and O–H groups in total. The molecule has 0 fully saturated rings.